The summed E-state index contributed by atoms with van der Waals surface area (Å²) in [4.78, 5) is 11.8. The van der Waals surface area contributed by atoms with Gasteiger partial charge in [-0.15, -0.1) is 0 Å². The minimum atomic E-state index is -0.448. The van der Waals surface area contributed by atoms with Gasteiger partial charge in [0.15, 0.2) is 0 Å². The Kier molecular flexibility index (Phi) is 6.82. The van der Waals surface area contributed by atoms with Crippen LogP contribution in [0.4, 0.5) is 0 Å². The van der Waals surface area contributed by atoms with Crippen LogP contribution < -0.4 is 4.74 Å². The smallest absolute Gasteiger partial charge is 0.333 e. The Morgan fingerprint density at radius 2 is 1.48 bits per heavy atom. The van der Waals surface area contributed by atoms with Crippen LogP contribution in [0.1, 0.15) is 12.5 Å². The fourth-order valence-electron chi connectivity index (χ4n) is 2.92. The van der Waals surface area contributed by atoms with E-state index in [-0.39, 0.29) is 19.8 Å². The SMILES string of the molecule is C=C(C)C(=O)OCc1cc(-c2ccc(-c3ccccc3)cc2)ccc1OCCO. The molecule has 0 saturated carbocycles. The number of carbonyl (C=O) groups excluding carboxylic acids is 1. The molecule has 0 bridgehead atoms. The normalized spacial score (nSPS) is 10.4. The van der Waals surface area contributed by atoms with Gasteiger partial charge in [0, 0.05) is 11.1 Å². The first-order chi connectivity index (χ1) is 14.1. The number of rotatable bonds is 8. The lowest BCUT2D eigenvalue weighted by Gasteiger charge is -2.14. The molecule has 0 aliphatic heterocycles. The quantitative estimate of drug-likeness (QED) is 0.435. The van der Waals surface area contributed by atoms with E-state index in [0.29, 0.717) is 11.3 Å². The van der Waals surface area contributed by atoms with Crippen LogP contribution in [0.2, 0.25) is 0 Å². The Hall–Kier alpha value is -3.37. The zero-order chi connectivity index (χ0) is 20.6. The maximum absolute atomic E-state index is 11.8. The molecule has 29 heavy (non-hydrogen) atoms. The predicted molar refractivity (Wildman–Crippen MR) is 115 cm³/mol. The van der Waals surface area contributed by atoms with Crippen molar-refractivity contribution in [1.82, 2.24) is 0 Å². The molecule has 3 aromatic carbocycles. The summed E-state index contributed by atoms with van der Waals surface area (Å²) in [5.41, 5.74) is 5.42. The van der Waals surface area contributed by atoms with E-state index in [0.717, 1.165) is 22.3 Å². The molecule has 0 aliphatic rings. The third kappa shape index (κ3) is 5.33. The third-order valence-corrected chi connectivity index (χ3v) is 4.44. The highest BCUT2D eigenvalue weighted by Gasteiger charge is 2.11. The molecule has 3 aromatic rings. The van der Waals surface area contributed by atoms with Crippen molar-refractivity contribution >= 4 is 5.97 Å². The Morgan fingerprint density at radius 3 is 2.10 bits per heavy atom. The molecule has 0 aliphatic carbocycles. The Balaban J connectivity index is 1.85. The van der Waals surface area contributed by atoms with Crippen molar-refractivity contribution in [3.05, 3.63) is 90.5 Å². The van der Waals surface area contributed by atoms with Gasteiger partial charge in [0.1, 0.15) is 19.0 Å². The van der Waals surface area contributed by atoms with Crippen LogP contribution >= 0.6 is 0 Å². The van der Waals surface area contributed by atoms with Crippen LogP contribution in [0.15, 0.2) is 84.9 Å². The second-order valence-corrected chi connectivity index (χ2v) is 6.69. The van der Waals surface area contributed by atoms with Crippen molar-refractivity contribution in [2.45, 2.75) is 13.5 Å². The number of esters is 1. The molecule has 0 saturated heterocycles. The van der Waals surface area contributed by atoms with Crippen molar-refractivity contribution in [3.63, 3.8) is 0 Å². The van der Waals surface area contributed by atoms with E-state index >= 15 is 0 Å². The summed E-state index contributed by atoms with van der Waals surface area (Å²) < 4.78 is 10.9. The van der Waals surface area contributed by atoms with E-state index in [1.54, 1.807) is 6.92 Å². The van der Waals surface area contributed by atoms with Crippen LogP contribution in [0, 0.1) is 0 Å². The average molecular weight is 388 g/mol. The maximum Gasteiger partial charge on any atom is 0.333 e. The third-order valence-electron chi connectivity index (χ3n) is 4.44. The summed E-state index contributed by atoms with van der Waals surface area (Å²) in [6.07, 6.45) is 0. The van der Waals surface area contributed by atoms with Gasteiger partial charge in [-0.1, -0.05) is 67.2 Å². The summed E-state index contributed by atoms with van der Waals surface area (Å²) in [6.45, 7) is 5.36. The average Bonchev–Trinajstić information content (AvgIpc) is 2.77. The number of hydrogen-bond donors (Lipinski definition) is 1. The van der Waals surface area contributed by atoms with Crippen molar-refractivity contribution in [2.75, 3.05) is 13.2 Å². The van der Waals surface area contributed by atoms with Gasteiger partial charge in [0.25, 0.3) is 0 Å². The highest BCUT2D eigenvalue weighted by molar-refractivity contribution is 5.87. The second-order valence-electron chi connectivity index (χ2n) is 6.69. The number of aliphatic hydroxyl groups excluding tert-OH is 1. The minimum absolute atomic E-state index is 0.0718. The fraction of sp³-hybridized carbons (Fsp3) is 0.160. The molecule has 0 aromatic heterocycles. The van der Waals surface area contributed by atoms with Crippen LogP contribution in [-0.2, 0) is 16.1 Å². The highest BCUT2D eigenvalue weighted by atomic mass is 16.5. The summed E-state index contributed by atoms with van der Waals surface area (Å²) in [7, 11) is 0. The van der Waals surface area contributed by atoms with Crippen molar-refractivity contribution in [2.24, 2.45) is 0 Å². The molecule has 0 atom stereocenters. The lowest BCUT2D eigenvalue weighted by Crippen LogP contribution is -2.08. The molecule has 0 fully saturated rings. The monoisotopic (exact) mass is 388 g/mol. The molecular formula is C25H24O4. The highest BCUT2D eigenvalue weighted by Crippen LogP contribution is 2.29. The van der Waals surface area contributed by atoms with Gasteiger partial charge in [-0.2, -0.15) is 0 Å². The molecule has 0 spiro atoms. The molecule has 3 rings (SSSR count). The topological polar surface area (TPSA) is 55.8 Å². The minimum Gasteiger partial charge on any atom is -0.491 e. The van der Waals surface area contributed by atoms with Crippen molar-refractivity contribution in [3.8, 4) is 28.0 Å². The number of hydrogen-bond acceptors (Lipinski definition) is 4. The Bertz CT molecular complexity index is 975. The van der Waals surface area contributed by atoms with Gasteiger partial charge in [-0.05, 0) is 41.3 Å². The van der Waals surface area contributed by atoms with Gasteiger partial charge in [0.05, 0.1) is 6.61 Å². The number of carbonyl (C=O) groups is 1. The molecule has 148 valence electrons. The second kappa shape index (κ2) is 9.71. The van der Waals surface area contributed by atoms with Crippen LogP contribution in [0.25, 0.3) is 22.3 Å². The molecule has 0 radical (unpaired) electrons. The van der Waals surface area contributed by atoms with Gasteiger partial charge >= 0.3 is 5.97 Å². The predicted octanol–water partition coefficient (Wildman–Crippen LogP) is 5.01. The molecule has 4 heteroatoms. The zero-order valence-electron chi connectivity index (χ0n) is 16.4. The van der Waals surface area contributed by atoms with Gasteiger partial charge in [-0.3, -0.25) is 0 Å². The van der Waals surface area contributed by atoms with Crippen LogP contribution in [-0.4, -0.2) is 24.3 Å². The summed E-state index contributed by atoms with van der Waals surface area (Å²) in [5, 5.41) is 9.04. The largest absolute Gasteiger partial charge is 0.491 e. The van der Waals surface area contributed by atoms with E-state index in [1.807, 2.05) is 36.4 Å². The van der Waals surface area contributed by atoms with Gasteiger partial charge in [-0.25, -0.2) is 4.79 Å². The Morgan fingerprint density at radius 1 is 0.897 bits per heavy atom. The number of aliphatic hydroxyl groups is 1. The first-order valence-corrected chi connectivity index (χ1v) is 9.43. The number of ether oxygens (including phenoxy) is 2. The molecule has 1 N–H and O–H groups in total. The first kappa shape index (κ1) is 20.4. The number of benzene rings is 3. The van der Waals surface area contributed by atoms with E-state index in [1.165, 1.54) is 5.56 Å². The Labute approximate surface area is 171 Å². The standard InChI is InChI=1S/C25H24O4/c1-18(2)25(27)29-17-23-16-22(12-13-24(23)28-15-14-26)21-10-8-20(9-11-21)19-6-4-3-5-7-19/h3-13,16,26H,1,14-15,17H2,2H3. The van der Waals surface area contributed by atoms with E-state index in [4.69, 9.17) is 14.6 Å². The van der Waals surface area contributed by atoms with Crippen LogP contribution in [0.5, 0.6) is 5.75 Å². The van der Waals surface area contributed by atoms with Gasteiger partial charge in [0.2, 0.25) is 0 Å². The zero-order valence-corrected chi connectivity index (χ0v) is 16.4. The fourth-order valence-corrected chi connectivity index (χ4v) is 2.92. The van der Waals surface area contributed by atoms with Crippen molar-refractivity contribution in [1.29, 1.82) is 0 Å². The van der Waals surface area contributed by atoms with Crippen molar-refractivity contribution < 1.29 is 19.4 Å². The first-order valence-electron chi connectivity index (χ1n) is 9.43. The molecule has 0 unspecified atom stereocenters. The molecule has 0 heterocycles. The van der Waals surface area contributed by atoms with E-state index in [2.05, 4.69) is 43.0 Å². The van der Waals surface area contributed by atoms with E-state index < -0.39 is 5.97 Å². The summed E-state index contributed by atoms with van der Waals surface area (Å²) >= 11 is 0. The maximum atomic E-state index is 11.8. The summed E-state index contributed by atoms with van der Waals surface area (Å²) in [5.74, 6) is 0.133. The van der Waals surface area contributed by atoms with E-state index in [9.17, 15) is 4.79 Å². The lowest BCUT2D eigenvalue weighted by atomic mass is 9.99. The molecular weight excluding hydrogens is 364 g/mol. The summed E-state index contributed by atoms with van der Waals surface area (Å²) in [6, 6.07) is 24.2. The van der Waals surface area contributed by atoms with Gasteiger partial charge < -0.3 is 14.6 Å². The molecule has 4 nitrogen and oxygen atoms in total. The molecule has 0 amide bonds. The lowest BCUT2D eigenvalue weighted by molar-refractivity contribution is -0.140. The van der Waals surface area contributed by atoms with Crippen LogP contribution in [0.3, 0.4) is 0 Å².